The summed E-state index contributed by atoms with van der Waals surface area (Å²) < 4.78 is 37.4. The quantitative estimate of drug-likeness (QED) is 0.178. The molecule has 18 unspecified atom stereocenters. The van der Waals surface area contributed by atoms with Crippen LogP contribution >= 0.6 is 0 Å². The van der Waals surface area contributed by atoms with E-state index in [0.29, 0.717) is 90.9 Å². The fourth-order valence-electron chi connectivity index (χ4n) is 19.3. The van der Waals surface area contributed by atoms with E-state index in [1.165, 1.54) is 128 Å². The molecule has 0 saturated heterocycles. The van der Waals surface area contributed by atoms with Crippen LogP contribution in [0.15, 0.2) is 62.0 Å². The Morgan fingerprint density at radius 2 is 0.468 bits per heavy atom. The Kier molecular flexibility index (Phi) is 40.2. The maximum atomic E-state index is 6.36. The van der Waals surface area contributed by atoms with E-state index in [9.17, 15) is 0 Å². The number of hydrogen-bond donors (Lipinski definition) is 0. The Balaban J connectivity index is 0.000000207. The van der Waals surface area contributed by atoms with Crippen molar-refractivity contribution in [3.63, 3.8) is 0 Å². The van der Waals surface area contributed by atoms with Crippen LogP contribution in [-0.4, -0.2) is 212 Å². The van der Waals surface area contributed by atoms with Gasteiger partial charge in [0.2, 0.25) is 0 Å². The van der Waals surface area contributed by atoms with Crippen LogP contribution in [0.2, 0.25) is 0 Å². The van der Waals surface area contributed by atoms with E-state index in [-0.39, 0.29) is 84.0 Å². The lowest BCUT2D eigenvalue weighted by molar-refractivity contribution is -0.0654. The van der Waals surface area contributed by atoms with Crippen LogP contribution in [0.25, 0.3) is 0 Å². The predicted octanol–water partition coefficient (Wildman–Crippen LogP) is 27.6. The van der Waals surface area contributed by atoms with E-state index in [0.717, 1.165) is 104 Å². The lowest BCUT2D eigenvalue weighted by atomic mass is 9.88. The third-order valence-electron chi connectivity index (χ3n) is 25.7. The molecule has 0 N–H and O–H groups in total. The maximum absolute atomic E-state index is 6.36. The van der Waals surface area contributed by atoms with Crippen molar-refractivity contribution in [1.29, 1.82) is 0 Å². The Morgan fingerprint density at radius 3 is 0.937 bits per heavy atom. The first kappa shape index (κ1) is 109. The summed E-state index contributed by atoms with van der Waals surface area (Å²) in [6.45, 7) is 85.2. The second-order valence-corrected chi connectivity index (χ2v) is 53.1. The average Bonchev–Trinajstić information content (AvgIpc) is 1.34. The smallest absolute Gasteiger partial charge is 0.121 e. The molecule has 0 bridgehead atoms. The molecular formula is C102H198N18O6. The SMILES string of the molecule is CC(C)(C)COC1CCCC2C(CC1)N=NN2C(C)(C)C.CC(C)(C)COC1CCCC2N=NN(C(C)(C)C)C2CC1.CC(C)(C)COC1CCCCC2C(C1)N=NN2C(C)(C)C.CC(C)(C)COC1CCCCC2N=NN(C(C)(C)C)C2C1.CC(C)(C)COC1CCCCCC2C1N=NN2C(C)(C)C.CC(C)(C)COC1CCCCCC2N=NN(C(C)(C)C)C21. The predicted molar refractivity (Wildman–Crippen MR) is 518 cm³/mol. The van der Waals surface area contributed by atoms with Gasteiger partial charge in [-0.15, -0.1) is 0 Å². The van der Waals surface area contributed by atoms with Crippen molar-refractivity contribution in [2.45, 2.75) is 584 Å². The lowest BCUT2D eigenvalue weighted by Gasteiger charge is -2.41. The van der Waals surface area contributed by atoms with E-state index in [1.807, 2.05) is 0 Å². The summed E-state index contributed by atoms with van der Waals surface area (Å²) >= 11 is 0. The summed E-state index contributed by atoms with van der Waals surface area (Å²) in [5, 5.41) is 67.6. The van der Waals surface area contributed by atoms with Crippen LogP contribution in [0.1, 0.15) is 442 Å². The fourth-order valence-corrected chi connectivity index (χ4v) is 19.3. The molecule has 24 nitrogen and oxygen atoms in total. The molecule has 6 aliphatic carbocycles. The number of nitrogens with zero attached hydrogens (tertiary/aromatic N) is 18. The Labute approximate surface area is 772 Å². The lowest BCUT2D eigenvalue weighted by Crippen LogP contribution is -2.53. The molecule has 0 aromatic rings. The third kappa shape index (κ3) is 37.2. The summed E-state index contributed by atoms with van der Waals surface area (Å²) in [7, 11) is 0. The second kappa shape index (κ2) is 46.4. The molecule has 126 heavy (non-hydrogen) atoms. The Bertz CT molecular complexity index is 3290. The maximum Gasteiger partial charge on any atom is 0.121 e. The number of rotatable bonds is 12. The van der Waals surface area contributed by atoms with Gasteiger partial charge in [0.25, 0.3) is 0 Å². The van der Waals surface area contributed by atoms with E-state index >= 15 is 0 Å². The molecule has 0 aromatic heterocycles. The highest BCUT2D eigenvalue weighted by Gasteiger charge is 2.49. The first-order chi connectivity index (χ1) is 58.0. The summed E-state index contributed by atoms with van der Waals surface area (Å²) in [5.41, 5.74) is 1.65. The molecule has 24 heteroatoms. The largest absolute Gasteiger partial charge is 0.378 e. The molecule has 732 valence electrons. The van der Waals surface area contributed by atoms with Crippen molar-refractivity contribution in [1.82, 2.24) is 30.1 Å². The molecular weight excluding hydrogens is 1570 g/mol. The minimum Gasteiger partial charge on any atom is -0.378 e. The number of hydrogen-bond acceptors (Lipinski definition) is 24. The first-order valence-electron chi connectivity index (χ1n) is 50.9. The van der Waals surface area contributed by atoms with Gasteiger partial charge >= 0.3 is 0 Å². The van der Waals surface area contributed by atoms with E-state index in [2.05, 4.69) is 341 Å². The Morgan fingerprint density at radius 1 is 0.198 bits per heavy atom. The van der Waals surface area contributed by atoms with Crippen LogP contribution < -0.4 is 0 Å². The summed E-state index contributed by atoms with van der Waals surface area (Å²) in [4.78, 5) is 0. The van der Waals surface area contributed by atoms with Crippen LogP contribution in [-0.2, 0) is 28.4 Å². The van der Waals surface area contributed by atoms with Gasteiger partial charge in [0.1, 0.15) is 6.04 Å². The van der Waals surface area contributed by atoms with Crippen LogP contribution in [0.5, 0.6) is 0 Å². The van der Waals surface area contributed by atoms with Crippen LogP contribution in [0.3, 0.4) is 0 Å². The van der Waals surface area contributed by atoms with Gasteiger partial charge in [-0.25, -0.2) is 0 Å². The van der Waals surface area contributed by atoms with Gasteiger partial charge in [-0.2, -0.15) is 30.7 Å². The molecule has 0 spiro atoms. The molecule has 6 aliphatic heterocycles. The molecule has 6 fully saturated rings. The van der Waals surface area contributed by atoms with Crippen molar-refractivity contribution < 1.29 is 28.4 Å². The number of fused-ring (bicyclic) bond motifs is 6. The van der Waals surface area contributed by atoms with Gasteiger partial charge in [0.15, 0.2) is 0 Å². The van der Waals surface area contributed by atoms with Crippen LogP contribution in [0.4, 0.5) is 0 Å². The highest BCUT2D eigenvalue weighted by molar-refractivity contribution is 5.02. The highest BCUT2D eigenvalue weighted by atomic mass is 16.5. The molecule has 0 amide bonds. The normalized spacial score (nSPS) is 31.0. The zero-order valence-corrected chi connectivity index (χ0v) is 88.3. The summed E-state index contributed by atoms with van der Waals surface area (Å²) in [5.74, 6) is 0. The second-order valence-electron chi connectivity index (χ2n) is 53.1. The van der Waals surface area contributed by atoms with Gasteiger partial charge < -0.3 is 28.4 Å². The van der Waals surface area contributed by atoms with E-state index in [1.54, 1.807) is 0 Å². The number of ether oxygens (including phenoxy) is 6. The molecule has 0 radical (unpaired) electrons. The molecule has 0 aromatic carbocycles. The van der Waals surface area contributed by atoms with Gasteiger partial charge in [-0.05, 0) is 286 Å². The van der Waals surface area contributed by atoms with E-state index in [4.69, 9.17) is 28.4 Å². The standard InChI is InChI=1S/6C17H33N3O/c1-16(2,3)12-21-13-8-7-9-15-14(11-10-13)18-19-20(15)17(4,5)6;1-16(2,3)12-21-13-8-7-9-14-15(11-10-13)20(19-18-14)17(4,5)6;1-16(2,3)12-21-13-9-7-8-10-15-14(11-13)18-19-20(15)17(4,5)6;1-16(2,3)12-21-13-9-7-8-10-14-15(11-13)20(19-18-14)17(4,5)6;1-16(2,3)12-21-14-11-9-7-8-10-13-15(14)18-19-20(13)17(4,5)6;1-16(2,3)12-21-14-11-9-7-8-10-13-15(14)20(19-18-13)17(4,5)6/h6*13-15H,7-12H2,1-6H3. The molecule has 12 aliphatic rings. The third-order valence-corrected chi connectivity index (χ3v) is 25.7. The highest BCUT2D eigenvalue weighted by Crippen LogP contribution is 2.44. The van der Waals surface area contributed by atoms with Crippen molar-refractivity contribution in [3.8, 4) is 0 Å². The topological polar surface area (TPSA) is 223 Å². The van der Waals surface area contributed by atoms with Crippen molar-refractivity contribution in [2.75, 3.05) is 39.6 Å². The summed E-state index contributed by atoms with van der Waals surface area (Å²) in [6, 6.07) is 4.53. The van der Waals surface area contributed by atoms with Crippen molar-refractivity contribution in [3.05, 3.63) is 0 Å². The Hall–Kier alpha value is -3.84. The van der Waals surface area contributed by atoms with E-state index < -0.39 is 0 Å². The molecule has 12 rings (SSSR count). The molecule has 6 saturated carbocycles. The molecule has 6 heterocycles. The van der Waals surface area contributed by atoms with Crippen molar-refractivity contribution >= 4 is 0 Å². The van der Waals surface area contributed by atoms with Gasteiger partial charge in [-0.3, -0.25) is 30.1 Å². The first-order valence-corrected chi connectivity index (χ1v) is 50.9. The zero-order valence-electron chi connectivity index (χ0n) is 88.3. The van der Waals surface area contributed by atoms with Crippen LogP contribution in [0, 0.1) is 32.5 Å². The fraction of sp³-hybridized carbons (Fsp3) is 1.00. The average molecular weight is 1770 g/mol. The summed E-state index contributed by atoms with van der Waals surface area (Å²) in [6.07, 6.45) is 37.7. The monoisotopic (exact) mass is 1770 g/mol. The van der Waals surface area contributed by atoms with Gasteiger partial charge in [-0.1, -0.05) is 220 Å². The van der Waals surface area contributed by atoms with Gasteiger partial charge in [0.05, 0.1) is 176 Å². The minimum atomic E-state index is 0.00541. The molecule has 18 atom stereocenters. The van der Waals surface area contributed by atoms with Gasteiger partial charge in [0, 0.05) is 0 Å². The zero-order chi connectivity index (χ0) is 94.0. The van der Waals surface area contributed by atoms with Crippen molar-refractivity contribution in [2.24, 2.45) is 94.5 Å². The minimum absolute atomic E-state index is 0.00541.